The molecule has 0 aliphatic heterocycles. The Balaban J connectivity index is 0.00000288. The van der Waals surface area contributed by atoms with Gasteiger partial charge in [0.15, 0.2) is 0 Å². The molecular weight excluding hydrogens is 378 g/mol. The summed E-state index contributed by atoms with van der Waals surface area (Å²) in [6, 6.07) is 3.33. The second-order valence-corrected chi connectivity index (χ2v) is 5.81. The van der Waals surface area contributed by atoms with Crippen molar-refractivity contribution in [2.24, 2.45) is 5.92 Å². The van der Waals surface area contributed by atoms with E-state index in [0.717, 1.165) is 25.1 Å². The van der Waals surface area contributed by atoms with Gasteiger partial charge in [0.2, 0.25) is 5.91 Å². The molecule has 0 saturated heterocycles. The summed E-state index contributed by atoms with van der Waals surface area (Å²) in [4.78, 5) is 11.9. The predicted octanol–water partition coefficient (Wildman–Crippen LogP) is 4.31. The van der Waals surface area contributed by atoms with Gasteiger partial charge in [-0.05, 0) is 49.9 Å². The summed E-state index contributed by atoms with van der Waals surface area (Å²) in [5, 5.41) is 8.61. The second kappa shape index (κ2) is 10.7. The van der Waals surface area contributed by atoms with Crippen molar-refractivity contribution in [1.82, 2.24) is 5.32 Å². The Bertz CT molecular complexity index is 552. The molecule has 9 heteroatoms. The number of benzene rings is 1. The lowest BCUT2D eigenvalue weighted by Crippen LogP contribution is -2.29. The minimum absolute atomic E-state index is 0. The van der Waals surface area contributed by atoms with Crippen LogP contribution in [0.1, 0.15) is 31.7 Å². The number of alkyl halides is 3. The molecule has 3 N–H and O–H groups in total. The highest BCUT2D eigenvalue weighted by Crippen LogP contribution is 2.34. The van der Waals surface area contributed by atoms with E-state index in [-0.39, 0.29) is 43.0 Å². The molecule has 1 aliphatic rings. The molecule has 0 heterocycles. The summed E-state index contributed by atoms with van der Waals surface area (Å²) in [6.07, 6.45) is -1.26. The number of hydrogen-bond acceptors (Lipinski definition) is 3. The van der Waals surface area contributed by atoms with E-state index in [1.807, 2.05) is 6.92 Å². The largest absolute Gasteiger partial charge is 0.416 e. The summed E-state index contributed by atoms with van der Waals surface area (Å²) in [5.41, 5.74) is -0.123. The molecule has 1 fully saturated rings. The standard InChI is InChI=1S/C16H22F3N3O.2ClH/c1-2-7-21-13-6-5-12(16(17,18)19)8-14(13)22-15(23)10-20-9-11-3-4-11;;/h5-6,8,11,20-21H,2-4,7,9-10H2,1H3,(H,22,23);2*1H. The van der Waals surface area contributed by atoms with Crippen molar-refractivity contribution >= 4 is 42.1 Å². The van der Waals surface area contributed by atoms with Gasteiger partial charge in [0.1, 0.15) is 0 Å². The summed E-state index contributed by atoms with van der Waals surface area (Å²) in [5.74, 6) is 0.294. The maximum Gasteiger partial charge on any atom is 0.416 e. The van der Waals surface area contributed by atoms with Crippen molar-refractivity contribution in [2.45, 2.75) is 32.4 Å². The van der Waals surface area contributed by atoms with Crippen LogP contribution in [0.25, 0.3) is 0 Å². The predicted molar refractivity (Wildman–Crippen MR) is 98.9 cm³/mol. The Labute approximate surface area is 158 Å². The summed E-state index contributed by atoms with van der Waals surface area (Å²) in [6.45, 7) is 3.45. The van der Waals surface area contributed by atoms with Crippen molar-refractivity contribution in [3.63, 3.8) is 0 Å². The number of carbonyl (C=O) groups is 1. The van der Waals surface area contributed by atoms with E-state index in [9.17, 15) is 18.0 Å². The van der Waals surface area contributed by atoms with E-state index in [0.29, 0.717) is 18.2 Å². The zero-order valence-corrected chi connectivity index (χ0v) is 15.5. The van der Waals surface area contributed by atoms with Crippen LogP contribution in [0.5, 0.6) is 0 Å². The number of anilines is 2. The molecule has 0 unspecified atom stereocenters. The first kappa shape index (κ1) is 23.8. The SMILES string of the molecule is CCCNc1ccc(C(F)(F)F)cc1NC(=O)CNCC1CC1.Cl.Cl. The highest BCUT2D eigenvalue weighted by molar-refractivity contribution is 5.95. The molecule has 0 atom stereocenters. The average molecular weight is 402 g/mol. The summed E-state index contributed by atoms with van der Waals surface area (Å²) >= 11 is 0. The van der Waals surface area contributed by atoms with Gasteiger partial charge >= 0.3 is 6.18 Å². The fourth-order valence-electron chi connectivity index (χ4n) is 2.14. The molecule has 4 nitrogen and oxygen atoms in total. The normalized spacial score (nSPS) is 13.4. The molecule has 1 aromatic carbocycles. The minimum Gasteiger partial charge on any atom is -0.383 e. The molecule has 0 radical (unpaired) electrons. The number of nitrogens with one attached hydrogen (secondary N) is 3. The molecule has 2 rings (SSSR count). The van der Waals surface area contributed by atoms with E-state index < -0.39 is 11.7 Å². The molecule has 25 heavy (non-hydrogen) atoms. The fourth-order valence-corrected chi connectivity index (χ4v) is 2.14. The first-order valence-corrected chi connectivity index (χ1v) is 7.86. The van der Waals surface area contributed by atoms with Crippen molar-refractivity contribution in [3.05, 3.63) is 23.8 Å². The molecule has 1 amide bonds. The Morgan fingerprint density at radius 1 is 1.20 bits per heavy atom. The number of halogens is 5. The van der Waals surface area contributed by atoms with Crippen LogP contribution in [0.15, 0.2) is 18.2 Å². The molecule has 0 spiro atoms. The van der Waals surface area contributed by atoms with Crippen LogP contribution in [-0.4, -0.2) is 25.5 Å². The number of rotatable bonds is 8. The number of carbonyl (C=O) groups excluding carboxylic acids is 1. The highest BCUT2D eigenvalue weighted by Gasteiger charge is 2.31. The van der Waals surface area contributed by atoms with Gasteiger partial charge in [0.25, 0.3) is 0 Å². The molecule has 144 valence electrons. The van der Waals surface area contributed by atoms with Crippen molar-refractivity contribution in [3.8, 4) is 0 Å². The van der Waals surface area contributed by atoms with Crippen LogP contribution in [0.3, 0.4) is 0 Å². The third kappa shape index (κ3) is 8.16. The number of hydrogen-bond donors (Lipinski definition) is 3. The van der Waals surface area contributed by atoms with Gasteiger partial charge in [0, 0.05) is 6.54 Å². The second-order valence-electron chi connectivity index (χ2n) is 5.81. The third-order valence-electron chi connectivity index (χ3n) is 3.60. The monoisotopic (exact) mass is 401 g/mol. The maximum absolute atomic E-state index is 12.8. The van der Waals surface area contributed by atoms with Gasteiger partial charge in [0.05, 0.1) is 23.5 Å². The number of amides is 1. The Hall–Kier alpha value is -1.18. The smallest absolute Gasteiger partial charge is 0.383 e. The molecular formula is C16H24Cl2F3N3O. The van der Waals surface area contributed by atoms with Crippen LogP contribution in [0, 0.1) is 5.92 Å². The average Bonchev–Trinajstić information content (AvgIpc) is 3.29. The van der Waals surface area contributed by atoms with E-state index in [1.54, 1.807) is 0 Å². The van der Waals surface area contributed by atoms with E-state index in [1.165, 1.54) is 18.9 Å². The van der Waals surface area contributed by atoms with Crippen LogP contribution >= 0.6 is 24.8 Å². The fraction of sp³-hybridized carbons (Fsp3) is 0.562. The Morgan fingerprint density at radius 3 is 2.44 bits per heavy atom. The van der Waals surface area contributed by atoms with Crippen molar-refractivity contribution in [1.29, 1.82) is 0 Å². The summed E-state index contributed by atoms with van der Waals surface area (Å²) in [7, 11) is 0. The van der Waals surface area contributed by atoms with Gasteiger partial charge in [-0.3, -0.25) is 4.79 Å². The topological polar surface area (TPSA) is 53.2 Å². The van der Waals surface area contributed by atoms with Gasteiger partial charge < -0.3 is 16.0 Å². The lowest BCUT2D eigenvalue weighted by atomic mass is 10.1. The first-order chi connectivity index (χ1) is 10.9. The minimum atomic E-state index is -4.44. The maximum atomic E-state index is 12.8. The van der Waals surface area contributed by atoms with Crippen LogP contribution < -0.4 is 16.0 Å². The van der Waals surface area contributed by atoms with Gasteiger partial charge in [-0.15, -0.1) is 24.8 Å². The molecule has 1 aliphatic carbocycles. The van der Waals surface area contributed by atoms with Gasteiger partial charge in [-0.1, -0.05) is 6.92 Å². The van der Waals surface area contributed by atoms with Crippen LogP contribution in [-0.2, 0) is 11.0 Å². The zero-order valence-electron chi connectivity index (χ0n) is 13.9. The Morgan fingerprint density at radius 2 is 1.88 bits per heavy atom. The highest BCUT2D eigenvalue weighted by atomic mass is 35.5. The van der Waals surface area contributed by atoms with Crippen LogP contribution in [0.4, 0.5) is 24.5 Å². The molecule has 0 aromatic heterocycles. The summed E-state index contributed by atoms with van der Waals surface area (Å²) < 4.78 is 38.5. The first-order valence-electron chi connectivity index (χ1n) is 7.86. The van der Waals surface area contributed by atoms with Gasteiger partial charge in [-0.25, -0.2) is 0 Å². The third-order valence-corrected chi connectivity index (χ3v) is 3.60. The van der Waals surface area contributed by atoms with Crippen molar-refractivity contribution in [2.75, 3.05) is 30.3 Å². The Kier molecular flexibility index (Phi) is 10.2. The molecule has 1 aromatic rings. The van der Waals surface area contributed by atoms with Crippen LogP contribution in [0.2, 0.25) is 0 Å². The zero-order chi connectivity index (χ0) is 16.9. The lowest BCUT2D eigenvalue weighted by molar-refractivity contribution is -0.137. The van der Waals surface area contributed by atoms with E-state index in [2.05, 4.69) is 16.0 Å². The lowest BCUT2D eigenvalue weighted by Gasteiger charge is -2.16. The molecule has 0 bridgehead atoms. The quantitative estimate of drug-likeness (QED) is 0.608. The van der Waals surface area contributed by atoms with E-state index in [4.69, 9.17) is 0 Å². The van der Waals surface area contributed by atoms with Crippen molar-refractivity contribution < 1.29 is 18.0 Å². The molecule has 1 saturated carbocycles. The van der Waals surface area contributed by atoms with Gasteiger partial charge in [-0.2, -0.15) is 13.2 Å². The van der Waals surface area contributed by atoms with E-state index >= 15 is 0 Å².